The number of ether oxygens (including phenoxy) is 1. The average molecular weight is 543 g/mol. The Kier molecular flexibility index (Phi) is 4.84. The van der Waals surface area contributed by atoms with Crippen molar-refractivity contribution in [3.05, 3.63) is 71.0 Å². The lowest BCUT2D eigenvalue weighted by Crippen LogP contribution is -2.86. The van der Waals surface area contributed by atoms with Crippen LogP contribution in [0.5, 0.6) is 0 Å². The van der Waals surface area contributed by atoms with Crippen molar-refractivity contribution in [3.63, 3.8) is 0 Å². The molecule has 1 aromatic heterocycles. The predicted octanol–water partition coefficient (Wildman–Crippen LogP) is 2.84. The first-order valence-corrected chi connectivity index (χ1v) is 14.4. The van der Waals surface area contributed by atoms with Crippen LogP contribution >= 0.6 is 0 Å². The molecule has 9 rings (SSSR count). The molecule has 2 aliphatic heterocycles. The number of carbonyl (C=O) groups is 1. The fourth-order valence-electron chi connectivity index (χ4n) is 9.93. The highest BCUT2D eigenvalue weighted by Crippen LogP contribution is 2.76. The number of ketones is 1. The number of nitrogens with zero attached hydrogens (tertiary/aromatic N) is 2. The fraction of sp³-hybridized carbons (Fsp3) is 0.531. The number of aliphatic hydroxyl groups excluding tert-OH is 3. The van der Waals surface area contributed by atoms with E-state index in [1.54, 1.807) is 30.3 Å². The molecule has 4 aliphatic carbocycles. The molecule has 2 saturated heterocycles. The van der Waals surface area contributed by atoms with Crippen molar-refractivity contribution in [2.24, 2.45) is 22.7 Å². The van der Waals surface area contributed by atoms with E-state index in [1.165, 1.54) is 0 Å². The van der Waals surface area contributed by atoms with Crippen LogP contribution in [0.15, 0.2) is 48.5 Å². The van der Waals surface area contributed by atoms with Crippen LogP contribution in [0.25, 0.3) is 11.0 Å². The quantitative estimate of drug-likeness (QED) is 0.364. The molecule has 3 aromatic rings. The second-order valence-electron chi connectivity index (χ2n) is 13.5. The molecule has 40 heavy (non-hydrogen) atoms. The van der Waals surface area contributed by atoms with E-state index in [-0.39, 0.29) is 23.7 Å². The molecule has 4 bridgehead atoms. The Morgan fingerprint density at radius 2 is 1.70 bits per heavy atom. The van der Waals surface area contributed by atoms with Crippen LogP contribution in [0.2, 0.25) is 0 Å². The van der Waals surface area contributed by atoms with Gasteiger partial charge in [0.15, 0.2) is 5.78 Å². The standard InChI is InChI=1S/C32H34N2O6/c1-29(2)13-12-22(35)30-15-40-32(39,28(38)25(29)30)31-21(30)11-9-18(27(31)37)23-26(31)34-19-10-8-17(14-20(19)33-23)24(36)16-6-4-3-5-7-16/h3-8,10,14,18,21-22,25,27-28,35,37-39H,9,11-13,15H2,1-2H3/t18-,21?,22-,25?,27+,28-,30+,31?,32-/m0/s1. The summed E-state index contributed by atoms with van der Waals surface area (Å²) in [6.07, 6.45) is -0.571. The average Bonchev–Trinajstić information content (AvgIpc) is 3.07. The Hall–Kier alpha value is -2.75. The third-order valence-electron chi connectivity index (χ3n) is 11.5. The van der Waals surface area contributed by atoms with Crippen LogP contribution in [0.1, 0.15) is 72.8 Å². The van der Waals surface area contributed by atoms with Crippen molar-refractivity contribution in [2.75, 3.05) is 6.61 Å². The molecule has 8 heteroatoms. The highest BCUT2D eigenvalue weighted by molar-refractivity contribution is 6.10. The van der Waals surface area contributed by atoms with E-state index in [0.29, 0.717) is 52.8 Å². The van der Waals surface area contributed by atoms with Gasteiger partial charge in [-0.1, -0.05) is 44.2 Å². The maximum Gasteiger partial charge on any atom is 0.206 e. The van der Waals surface area contributed by atoms with Gasteiger partial charge in [0, 0.05) is 28.4 Å². The summed E-state index contributed by atoms with van der Waals surface area (Å²) < 4.78 is 6.20. The topological polar surface area (TPSA) is 133 Å². The molecule has 0 radical (unpaired) electrons. The van der Waals surface area contributed by atoms with Crippen molar-refractivity contribution < 1.29 is 30.0 Å². The molecule has 208 valence electrons. The highest BCUT2D eigenvalue weighted by Gasteiger charge is 2.85. The second kappa shape index (κ2) is 7.75. The Balaban J connectivity index is 1.33. The first kappa shape index (κ1) is 25.0. The summed E-state index contributed by atoms with van der Waals surface area (Å²) in [5, 5.41) is 48.0. The van der Waals surface area contributed by atoms with Crippen molar-refractivity contribution in [2.45, 2.75) is 75.0 Å². The zero-order valence-corrected chi connectivity index (χ0v) is 22.6. The van der Waals surface area contributed by atoms with Crippen LogP contribution in [0.3, 0.4) is 0 Å². The number of aromatic nitrogens is 2. The van der Waals surface area contributed by atoms with Gasteiger partial charge in [-0.15, -0.1) is 0 Å². The van der Waals surface area contributed by atoms with Crippen LogP contribution < -0.4 is 0 Å². The minimum atomic E-state index is -2.08. The lowest BCUT2D eigenvalue weighted by atomic mass is 9.35. The molecule has 4 N–H and O–H groups in total. The molecule has 3 unspecified atom stereocenters. The molecule has 5 fully saturated rings. The summed E-state index contributed by atoms with van der Waals surface area (Å²) in [5.74, 6) is -3.34. The van der Waals surface area contributed by atoms with E-state index < -0.39 is 46.8 Å². The number of fused-ring (bicyclic) bond motifs is 5. The monoisotopic (exact) mass is 542 g/mol. The van der Waals surface area contributed by atoms with E-state index in [9.17, 15) is 25.2 Å². The number of hydrogen-bond donors (Lipinski definition) is 4. The number of carbonyl (C=O) groups excluding carboxylic acids is 1. The van der Waals surface area contributed by atoms with Gasteiger partial charge in [0.05, 0.1) is 41.2 Å². The zero-order chi connectivity index (χ0) is 27.8. The molecular formula is C32H34N2O6. The van der Waals surface area contributed by atoms with Crippen LogP contribution in [0, 0.1) is 22.7 Å². The highest BCUT2D eigenvalue weighted by atomic mass is 16.6. The number of benzene rings is 2. The van der Waals surface area contributed by atoms with Crippen LogP contribution in [0.4, 0.5) is 0 Å². The lowest BCUT2D eigenvalue weighted by molar-refractivity contribution is -0.449. The smallest absolute Gasteiger partial charge is 0.206 e. The predicted molar refractivity (Wildman–Crippen MR) is 144 cm³/mol. The van der Waals surface area contributed by atoms with Gasteiger partial charge in [-0.05, 0) is 55.2 Å². The zero-order valence-electron chi connectivity index (χ0n) is 22.6. The van der Waals surface area contributed by atoms with Crippen molar-refractivity contribution in [3.8, 4) is 0 Å². The van der Waals surface area contributed by atoms with Gasteiger partial charge in [-0.3, -0.25) is 4.79 Å². The molecule has 3 saturated carbocycles. The molecular weight excluding hydrogens is 508 g/mol. The van der Waals surface area contributed by atoms with Crippen molar-refractivity contribution in [1.82, 2.24) is 9.97 Å². The summed E-state index contributed by atoms with van der Waals surface area (Å²) in [6.45, 7) is 4.32. The number of rotatable bonds is 2. The van der Waals surface area contributed by atoms with Gasteiger partial charge in [-0.25, -0.2) is 9.97 Å². The Morgan fingerprint density at radius 1 is 0.925 bits per heavy atom. The van der Waals surface area contributed by atoms with Crippen molar-refractivity contribution >= 4 is 16.8 Å². The van der Waals surface area contributed by atoms with Gasteiger partial charge >= 0.3 is 0 Å². The largest absolute Gasteiger partial charge is 0.392 e. The SMILES string of the molecule is CC1(C)CC[C@H](O)[C@]23CO[C@@](O)([C@@H](O)C12)C12c4nc5ccc(C(=O)c6ccccc6)cc5nc4[C@H](CCC13)[C@H]2O. The van der Waals surface area contributed by atoms with E-state index in [4.69, 9.17) is 14.7 Å². The van der Waals surface area contributed by atoms with Crippen molar-refractivity contribution in [1.29, 1.82) is 0 Å². The molecule has 9 atom stereocenters. The Labute approximate surface area is 232 Å². The van der Waals surface area contributed by atoms with Crippen LogP contribution in [-0.4, -0.2) is 66.9 Å². The Bertz CT molecular complexity index is 1580. The Morgan fingerprint density at radius 3 is 2.48 bits per heavy atom. The van der Waals surface area contributed by atoms with E-state index in [1.807, 2.05) is 18.2 Å². The van der Waals surface area contributed by atoms with E-state index >= 15 is 0 Å². The van der Waals surface area contributed by atoms with Gasteiger partial charge < -0.3 is 25.2 Å². The molecule has 2 spiro atoms. The van der Waals surface area contributed by atoms with Gasteiger partial charge in [0.25, 0.3) is 0 Å². The maximum atomic E-state index is 13.1. The van der Waals surface area contributed by atoms with Crippen LogP contribution in [-0.2, 0) is 10.2 Å². The van der Waals surface area contributed by atoms with Gasteiger partial charge in [-0.2, -0.15) is 0 Å². The summed E-state index contributed by atoms with van der Waals surface area (Å²) in [5.41, 5.74) is 0.602. The second-order valence-corrected chi connectivity index (χ2v) is 13.5. The van der Waals surface area contributed by atoms with Gasteiger partial charge in [0.1, 0.15) is 11.5 Å². The van der Waals surface area contributed by atoms with Gasteiger partial charge in [0.2, 0.25) is 5.79 Å². The summed E-state index contributed by atoms with van der Waals surface area (Å²) >= 11 is 0. The molecule has 2 aromatic carbocycles. The molecule has 8 nitrogen and oxygen atoms in total. The number of hydrogen-bond acceptors (Lipinski definition) is 8. The lowest BCUT2D eigenvalue weighted by Gasteiger charge is -2.75. The summed E-state index contributed by atoms with van der Waals surface area (Å²) in [4.78, 5) is 23.1. The summed E-state index contributed by atoms with van der Waals surface area (Å²) in [6, 6.07) is 14.3. The van der Waals surface area contributed by atoms with E-state index in [0.717, 1.165) is 6.42 Å². The minimum absolute atomic E-state index is 0.114. The maximum absolute atomic E-state index is 13.1. The minimum Gasteiger partial charge on any atom is -0.392 e. The first-order chi connectivity index (χ1) is 19.1. The third-order valence-corrected chi connectivity index (χ3v) is 11.5. The third kappa shape index (κ3) is 2.64. The fourth-order valence-corrected chi connectivity index (χ4v) is 9.93. The first-order valence-electron chi connectivity index (χ1n) is 14.4. The molecule has 0 amide bonds. The molecule has 6 aliphatic rings. The van der Waals surface area contributed by atoms with E-state index in [2.05, 4.69) is 13.8 Å². The number of aliphatic hydroxyl groups is 4. The normalized spacial score (nSPS) is 42.2. The molecule has 3 heterocycles. The summed E-state index contributed by atoms with van der Waals surface area (Å²) in [7, 11) is 0.